The number of benzene rings is 2. The smallest absolute Gasteiger partial charge is 0.320 e. The summed E-state index contributed by atoms with van der Waals surface area (Å²) in [5.74, 6) is -2.34. The summed E-state index contributed by atoms with van der Waals surface area (Å²) >= 11 is 0. The summed E-state index contributed by atoms with van der Waals surface area (Å²) < 4.78 is 28.1. The summed E-state index contributed by atoms with van der Waals surface area (Å²) in [4.78, 5) is 54.6. The molecule has 6 N–H and O–H groups in total. The van der Waals surface area contributed by atoms with E-state index in [0.29, 0.717) is 5.76 Å². The average molecular weight is 518 g/mol. The molecule has 0 fully saturated rings. The Bertz CT molecular complexity index is 1730. The zero-order valence-electron chi connectivity index (χ0n) is 18.4. The molecular formula is C21H18N4O10S. The molecule has 1 heterocycles. The molecular weight excluding hydrogens is 500 g/mol. The number of fused-ring (bicyclic) bond motifs is 3. The number of nitro benzene ring substituents is 1. The Balaban J connectivity index is 0.000000236. The number of nitrogens with two attached hydrogens (primary N) is 2. The van der Waals surface area contributed by atoms with Crippen molar-refractivity contribution >= 4 is 56.2 Å². The average Bonchev–Trinajstić information content (AvgIpc) is 3.10. The molecule has 0 bridgehead atoms. The molecule has 1 aliphatic carbocycles. The Labute approximate surface area is 200 Å². The van der Waals surface area contributed by atoms with Crippen LogP contribution in [0.15, 0.2) is 38.5 Å². The Hall–Kier alpha value is -4.47. The number of carbonyl (C=O) groups excluding carboxylic acids is 2. The van der Waals surface area contributed by atoms with Crippen molar-refractivity contribution < 1.29 is 37.4 Å². The van der Waals surface area contributed by atoms with Crippen LogP contribution in [0.5, 0.6) is 0 Å². The van der Waals surface area contributed by atoms with E-state index >= 15 is 0 Å². The van der Waals surface area contributed by atoms with Gasteiger partial charge in [-0.25, -0.2) is 13.6 Å². The van der Waals surface area contributed by atoms with Gasteiger partial charge in [-0.3, -0.25) is 29.3 Å². The number of H-pyrrole nitrogens is 1. The van der Waals surface area contributed by atoms with Gasteiger partial charge in [0.05, 0.1) is 20.8 Å². The van der Waals surface area contributed by atoms with Gasteiger partial charge in [-0.15, -0.1) is 0 Å². The van der Waals surface area contributed by atoms with Gasteiger partial charge in [0.2, 0.25) is 21.6 Å². The molecule has 0 saturated heterocycles. The number of hydrogen-bond acceptors (Lipinski definition) is 10. The van der Waals surface area contributed by atoms with Gasteiger partial charge in [0.1, 0.15) is 11.8 Å². The number of nitrogens with one attached hydrogen (secondary N) is 1. The van der Waals surface area contributed by atoms with Gasteiger partial charge in [0, 0.05) is 12.5 Å². The quantitative estimate of drug-likeness (QED) is 0.169. The minimum Gasteiger partial charge on any atom is -0.480 e. The first-order valence-electron chi connectivity index (χ1n) is 9.92. The van der Waals surface area contributed by atoms with Gasteiger partial charge in [-0.05, 0) is 41.0 Å². The second-order valence-electron chi connectivity index (χ2n) is 7.61. The number of aryl methyl sites for hydroxylation is 1. The third kappa shape index (κ3) is 5.12. The molecule has 3 aromatic rings. The van der Waals surface area contributed by atoms with E-state index in [2.05, 4.69) is 9.68 Å². The number of aliphatic carboxylic acids is 1. The third-order valence-corrected chi connectivity index (χ3v) is 6.17. The van der Waals surface area contributed by atoms with Crippen LogP contribution in [0, 0.1) is 17.0 Å². The van der Waals surface area contributed by atoms with Gasteiger partial charge in [0.25, 0.3) is 11.2 Å². The van der Waals surface area contributed by atoms with Gasteiger partial charge in [0.15, 0.2) is 0 Å². The van der Waals surface area contributed by atoms with Crippen LogP contribution in [-0.4, -0.2) is 47.2 Å². The number of aromatic amines is 1. The van der Waals surface area contributed by atoms with E-state index in [9.17, 15) is 37.7 Å². The zero-order valence-corrected chi connectivity index (χ0v) is 19.2. The van der Waals surface area contributed by atoms with Crippen LogP contribution in [0.2, 0.25) is 0 Å². The van der Waals surface area contributed by atoms with E-state index in [-0.39, 0.29) is 33.2 Å². The van der Waals surface area contributed by atoms with E-state index in [1.807, 2.05) is 0 Å². The molecule has 2 aromatic carbocycles. The number of nitro groups is 1. The van der Waals surface area contributed by atoms with Gasteiger partial charge in [-0.2, -0.15) is 5.16 Å². The lowest BCUT2D eigenvalue weighted by Gasteiger charge is -2.08. The molecule has 0 radical (unpaired) electrons. The van der Waals surface area contributed by atoms with Crippen LogP contribution in [0.4, 0.5) is 5.69 Å². The molecule has 0 saturated carbocycles. The van der Waals surface area contributed by atoms with Crippen molar-refractivity contribution in [2.75, 3.05) is 0 Å². The maximum absolute atomic E-state index is 11.7. The van der Waals surface area contributed by atoms with Crippen molar-refractivity contribution in [1.82, 2.24) is 5.16 Å². The lowest BCUT2D eigenvalue weighted by Crippen LogP contribution is -2.34. The molecule has 4 rings (SSSR count). The van der Waals surface area contributed by atoms with E-state index in [0.717, 1.165) is 24.3 Å². The number of nitrogens with zero attached hydrogens (tertiary/aromatic N) is 1. The molecule has 0 unspecified atom stereocenters. The predicted octanol–water partition coefficient (Wildman–Crippen LogP) is -1.66. The third-order valence-electron chi connectivity index (χ3n) is 5.22. The number of Topliss-reactive ketones (excluding diaryl/α,β-unsaturated/α-hetero) is 2. The fourth-order valence-corrected chi connectivity index (χ4v) is 4.27. The number of carboxylic acid groups (broad SMARTS) is 1. The molecule has 0 aliphatic heterocycles. The first-order valence-corrected chi connectivity index (χ1v) is 11.5. The monoisotopic (exact) mass is 518 g/mol. The minimum absolute atomic E-state index is 0.0208. The molecule has 15 heteroatoms. The van der Waals surface area contributed by atoms with E-state index in [1.165, 1.54) is 12.1 Å². The highest BCUT2D eigenvalue weighted by Crippen LogP contribution is 2.28. The van der Waals surface area contributed by atoms with Crippen LogP contribution in [-0.2, 0) is 30.8 Å². The number of ketones is 2. The zero-order chi connectivity index (χ0) is 26.9. The van der Waals surface area contributed by atoms with E-state index in [4.69, 9.17) is 16.0 Å². The fourth-order valence-electron chi connectivity index (χ4n) is 3.50. The summed E-state index contributed by atoms with van der Waals surface area (Å²) in [6.45, 7) is 1.57. The van der Waals surface area contributed by atoms with Crippen molar-refractivity contribution in [1.29, 1.82) is 0 Å². The topological polar surface area (TPSA) is 247 Å². The normalized spacial score (nSPS) is 13.6. The van der Waals surface area contributed by atoms with E-state index < -0.39 is 54.7 Å². The highest BCUT2D eigenvalue weighted by atomic mass is 32.2. The number of aromatic nitrogens is 1. The van der Waals surface area contributed by atoms with Crippen molar-refractivity contribution in [3.63, 3.8) is 0 Å². The Morgan fingerprint density at radius 3 is 2.39 bits per heavy atom. The lowest BCUT2D eigenvalue weighted by atomic mass is 9.98. The fraction of sp³-hybridized carbons (Fsp3) is 0.143. The molecule has 0 spiro atoms. The largest absolute Gasteiger partial charge is 0.480 e. The van der Waals surface area contributed by atoms with Crippen LogP contribution in [0.3, 0.4) is 0 Å². The number of rotatable bonds is 5. The van der Waals surface area contributed by atoms with Gasteiger partial charge >= 0.3 is 5.97 Å². The van der Waals surface area contributed by atoms with Crippen LogP contribution in [0.1, 0.15) is 11.3 Å². The number of hydrogen-bond donors (Lipinski definition) is 4. The molecule has 188 valence electrons. The van der Waals surface area contributed by atoms with Crippen molar-refractivity contribution in [2.24, 2.45) is 10.9 Å². The number of non-ortho nitro benzene ring substituents is 1. The Morgan fingerprint density at radius 1 is 1.22 bits per heavy atom. The molecule has 14 nitrogen and oxygen atoms in total. The van der Waals surface area contributed by atoms with Crippen LogP contribution in [0.25, 0.3) is 22.9 Å². The van der Waals surface area contributed by atoms with Crippen LogP contribution < -0.4 is 26.9 Å². The SMILES string of the molecule is Cc1o[nH]c(=O)c1C[C@H](N)C(=O)O.NS(=O)(=O)c1cccc2c3c(cc([N+](=O)[O-])c12)=CC(=O)C(=O)C=3. The predicted molar refractivity (Wildman–Crippen MR) is 124 cm³/mol. The lowest BCUT2D eigenvalue weighted by molar-refractivity contribution is -0.383. The summed E-state index contributed by atoms with van der Waals surface area (Å²) in [5, 5.41) is 27.5. The number of primary sulfonamides is 1. The van der Waals surface area contributed by atoms with Crippen molar-refractivity contribution in [3.05, 3.63) is 66.5 Å². The first kappa shape index (κ1) is 26.1. The number of carbonyl (C=O) groups is 3. The number of sulfonamides is 1. The summed E-state index contributed by atoms with van der Waals surface area (Å²) in [6, 6.07) is 3.94. The molecule has 1 atom stereocenters. The maximum atomic E-state index is 11.7. The summed E-state index contributed by atoms with van der Waals surface area (Å²) in [6.07, 6.45) is 2.01. The van der Waals surface area contributed by atoms with Crippen molar-refractivity contribution in [3.8, 4) is 0 Å². The summed E-state index contributed by atoms with van der Waals surface area (Å²) in [5.41, 5.74) is 4.61. The van der Waals surface area contributed by atoms with Crippen molar-refractivity contribution in [2.45, 2.75) is 24.3 Å². The Kier molecular flexibility index (Phi) is 7.01. The second-order valence-corrected chi connectivity index (χ2v) is 9.14. The summed E-state index contributed by atoms with van der Waals surface area (Å²) in [7, 11) is -4.22. The van der Waals surface area contributed by atoms with E-state index in [1.54, 1.807) is 6.92 Å². The number of carboxylic acids is 1. The highest BCUT2D eigenvalue weighted by molar-refractivity contribution is 7.89. The molecule has 1 aliphatic rings. The molecule has 36 heavy (non-hydrogen) atoms. The highest BCUT2D eigenvalue weighted by Gasteiger charge is 2.24. The van der Waals surface area contributed by atoms with Gasteiger partial charge in [-0.1, -0.05) is 12.1 Å². The standard InChI is InChI=1S/C14H8N2O6S.C7H10N2O4/c15-23(21,22)13-3-1-2-8-9-6-12(18)11(17)5-7(9)4-10(14(8)13)16(19)20;1-3-4(6(10)9-13-3)2-5(8)7(11)12/h1-6H,(H2,15,21,22);5H,2,8H2,1H3,(H,9,10)(H,11,12)/t;5-/m.0/s1. The molecule has 0 amide bonds. The molecule has 1 aromatic heterocycles. The minimum atomic E-state index is -4.22. The van der Waals surface area contributed by atoms with Gasteiger partial charge < -0.3 is 15.4 Å². The first-order chi connectivity index (χ1) is 16.7. The van der Waals surface area contributed by atoms with Crippen LogP contribution >= 0.6 is 0 Å². The Morgan fingerprint density at radius 2 is 1.86 bits per heavy atom. The second kappa shape index (κ2) is 9.65. The maximum Gasteiger partial charge on any atom is 0.320 e.